The van der Waals surface area contributed by atoms with Crippen molar-refractivity contribution in [2.75, 3.05) is 31.4 Å². The van der Waals surface area contributed by atoms with Crippen molar-refractivity contribution in [1.29, 1.82) is 0 Å². The van der Waals surface area contributed by atoms with E-state index < -0.39 is 0 Å². The SMILES string of the molecule is COc1cccc(C2N=C3C(Nc4cccc(N(C)C)c4)=NC=CN3C2Br)c1. The number of anilines is 2. The molecule has 1 N–H and O–H groups in total. The molecule has 2 aromatic carbocycles. The Balaban J connectivity index is 1.63. The number of amidine groups is 2. The molecule has 2 aromatic rings. The third-order valence-corrected chi connectivity index (χ3v) is 5.68. The van der Waals surface area contributed by atoms with Gasteiger partial charge in [-0.3, -0.25) is 4.99 Å². The minimum Gasteiger partial charge on any atom is -0.497 e. The molecule has 2 atom stereocenters. The fourth-order valence-corrected chi connectivity index (χ4v) is 4.00. The van der Waals surface area contributed by atoms with Crippen LogP contribution in [0.2, 0.25) is 0 Å². The van der Waals surface area contributed by atoms with E-state index in [4.69, 9.17) is 9.73 Å². The molecular formula is C21H22BrN5O. The average Bonchev–Trinajstić information content (AvgIpc) is 3.06. The van der Waals surface area contributed by atoms with Crippen LogP contribution in [0.3, 0.4) is 0 Å². The molecule has 2 aliphatic heterocycles. The molecule has 6 nitrogen and oxygen atoms in total. The topological polar surface area (TPSA) is 52.5 Å². The van der Waals surface area contributed by atoms with Gasteiger partial charge < -0.3 is 19.9 Å². The molecule has 4 rings (SSSR count). The minimum absolute atomic E-state index is 0.00580. The van der Waals surface area contributed by atoms with E-state index in [1.54, 1.807) is 13.3 Å². The van der Waals surface area contributed by atoms with Crippen LogP contribution in [0.5, 0.6) is 5.75 Å². The fraction of sp³-hybridized carbons (Fsp3) is 0.238. The first-order chi connectivity index (χ1) is 13.6. The van der Waals surface area contributed by atoms with E-state index in [-0.39, 0.29) is 11.0 Å². The first-order valence-corrected chi connectivity index (χ1v) is 9.92. The van der Waals surface area contributed by atoms with Crippen molar-refractivity contribution >= 4 is 39.0 Å². The lowest BCUT2D eigenvalue weighted by Gasteiger charge is -2.25. The van der Waals surface area contributed by atoms with Gasteiger partial charge in [0.1, 0.15) is 16.7 Å². The van der Waals surface area contributed by atoms with Gasteiger partial charge in [0.25, 0.3) is 0 Å². The number of ether oxygens (including phenoxy) is 1. The standard InChI is InChI=1S/C21H22BrN5O/c1-26(2)16-8-5-7-15(13-16)24-20-21-25-18(19(22)27(21)11-10-23-20)14-6-4-9-17(12-14)28-3/h4-13,18-19H,1-3H3,(H,23,24). The number of methoxy groups -OCH3 is 1. The van der Waals surface area contributed by atoms with Gasteiger partial charge in [-0.2, -0.15) is 0 Å². The number of aliphatic imine (C=N–C) groups is 2. The molecule has 0 fully saturated rings. The van der Waals surface area contributed by atoms with Crippen molar-refractivity contribution in [2.45, 2.75) is 11.0 Å². The summed E-state index contributed by atoms with van der Waals surface area (Å²) in [5.41, 5.74) is 3.18. The highest BCUT2D eigenvalue weighted by Crippen LogP contribution is 2.37. The van der Waals surface area contributed by atoms with Crippen molar-refractivity contribution in [3.63, 3.8) is 0 Å². The first kappa shape index (κ1) is 18.6. The highest BCUT2D eigenvalue weighted by molar-refractivity contribution is 9.09. The summed E-state index contributed by atoms with van der Waals surface area (Å²) in [7, 11) is 5.72. The zero-order valence-electron chi connectivity index (χ0n) is 16.0. The third-order valence-electron chi connectivity index (χ3n) is 4.74. The lowest BCUT2D eigenvalue weighted by Crippen LogP contribution is -2.38. The van der Waals surface area contributed by atoms with Gasteiger partial charge >= 0.3 is 0 Å². The number of hydrogen-bond donors (Lipinski definition) is 1. The monoisotopic (exact) mass is 439 g/mol. The van der Waals surface area contributed by atoms with Crippen molar-refractivity contribution < 1.29 is 4.74 Å². The Kier molecular flexibility index (Phi) is 5.09. The van der Waals surface area contributed by atoms with E-state index in [1.807, 2.05) is 50.6 Å². The molecule has 0 saturated carbocycles. The predicted molar refractivity (Wildman–Crippen MR) is 119 cm³/mol. The van der Waals surface area contributed by atoms with Crippen LogP contribution < -0.4 is 15.0 Å². The van der Waals surface area contributed by atoms with Gasteiger partial charge in [0.2, 0.25) is 0 Å². The number of rotatable bonds is 4. The van der Waals surface area contributed by atoms with E-state index in [9.17, 15) is 0 Å². The fourth-order valence-electron chi connectivity index (χ4n) is 3.25. The highest BCUT2D eigenvalue weighted by Gasteiger charge is 2.37. The maximum Gasteiger partial charge on any atom is 0.173 e. The molecule has 0 saturated heterocycles. The summed E-state index contributed by atoms with van der Waals surface area (Å²) in [5, 5.41) is 3.42. The lowest BCUT2D eigenvalue weighted by molar-refractivity contribution is 0.413. The summed E-state index contributed by atoms with van der Waals surface area (Å²) in [6.07, 6.45) is 3.74. The van der Waals surface area contributed by atoms with Gasteiger partial charge in [-0.1, -0.05) is 34.1 Å². The number of hydrogen-bond acceptors (Lipinski definition) is 6. The molecule has 2 heterocycles. The number of halogens is 1. The molecule has 2 unspecified atom stereocenters. The lowest BCUT2D eigenvalue weighted by atomic mass is 10.1. The Morgan fingerprint density at radius 3 is 2.75 bits per heavy atom. The Bertz CT molecular complexity index is 969. The molecule has 0 bridgehead atoms. The van der Waals surface area contributed by atoms with E-state index in [2.05, 4.69) is 54.2 Å². The molecule has 0 aliphatic carbocycles. The summed E-state index contributed by atoms with van der Waals surface area (Å²) in [6, 6.07) is 16.2. The number of alkyl halides is 1. The molecule has 144 valence electrons. The minimum atomic E-state index is -0.0621. The number of benzene rings is 2. The quantitative estimate of drug-likeness (QED) is 0.571. The first-order valence-electron chi connectivity index (χ1n) is 9.00. The van der Waals surface area contributed by atoms with Gasteiger partial charge in [0.05, 0.1) is 7.11 Å². The molecule has 2 aliphatic rings. The van der Waals surface area contributed by atoms with Crippen molar-refractivity contribution in [3.8, 4) is 5.75 Å². The second-order valence-corrected chi connectivity index (χ2v) is 7.74. The van der Waals surface area contributed by atoms with Crippen LogP contribution in [-0.2, 0) is 0 Å². The Morgan fingerprint density at radius 1 is 1.14 bits per heavy atom. The molecular weight excluding hydrogens is 418 g/mol. The molecule has 0 aromatic heterocycles. The second-order valence-electron chi connectivity index (χ2n) is 6.80. The Labute approximate surface area is 173 Å². The third kappa shape index (κ3) is 3.49. The Hall–Kier alpha value is -2.80. The van der Waals surface area contributed by atoms with Gasteiger partial charge in [0.15, 0.2) is 11.7 Å². The van der Waals surface area contributed by atoms with Crippen LogP contribution >= 0.6 is 15.9 Å². The van der Waals surface area contributed by atoms with Crippen LogP contribution in [0, 0.1) is 0 Å². The number of nitrogens with one attached hydrogen (secondary N) is 1. The summed E-state index contributed by atoms with van der Waals surface area (Å²) in [5.74, 6) is 2.37. The highest BCUT2D eigenvalue weighted by atomic mass is 79.9. The molecule has 0 radical (unpaired) electrons. The van der Waals surface area contributed by atoms with E-state index >= 15 is 0 Å². The number of fused-ring (bicyclic) bond motifs is 1. The van der Waals surface area contributed by atoms with Gasteiger partial charge in [-0.25, -0.2) is 4.99 Å². The van der Waals surface area contributed by atoms with Crippen molar-refractivity contribution in [2.24, 2.45) is 9.98 Å². The van der Waals surface area contributed by atoms with Crippen LogP contribution in [0.25, 0.3) is 0 Å². The summed E-state index contributed by atoms with van der Waals surface area (Å²) in [6.45, 7) is 0. The molecule has 0 amide bonds. The predicted octanol–water partition coefficient (Wildman–Crippen LogP) is 4.23. The van der Waals surface area contributed by atoms with E-state index in [1.165, 1.54) is 0 Å². The smallest absolute Gasteiger partial charge is 0.173 e. The molecule has 28 heavy (non-hydrogen) atoms. The van der Waals surface area contributed by atoms with Crippen molar-refractivity contribution in [3.05, 3.63) is 66.5 Å². The van der Waals surface area contributed by atoms with Crippen LogP contribution in [0.15, 0.2) is 70.9 Å². The summed E-state index contributed by atoms with van der Waals surface area (Å²) >= 11 is 3.80. The zero-order valence-corrected chi connectivity index (χ0v) is 17.6. The summed E-state index contributed by atoms with van der Waals surface area (Å²) in [4.78, 5) is 13.7. The zero-order chi connectivity index (χ0) is 19.7. The van der Waals surface area contributed by atoms with Gasteiger partial charge in [-0.05, 0) is 35.9 Å². The second kappa shape index (κ2) is 7.67. The number of nitrogens with zero attached hydrogens (tertiary/aromatic N) is 4. The Morgan fingerprint density at radius 2 is 1.96 bits per heavy atom. The molecule has 7 heteroatoms. The van der Waals surface area contributed by atoms with Crippen molar-refractivity contribution in [1.82, 2.24) is 4.90 Å². The maximum absolute atomic E-state index is 5.37. The van der Waals surface area contributed by atoms with Crippen LogP contribution in [0.4, 0.5) is 11.4 Å². The maximum atomic E-state index is 5.37. The largest absolute Gasteiger partial charge is 0.497 e. The summed E-state index contributed by atoms with van der Waals surface area (Å²) < 4.78 is 5.37. The van der Waals surface area contributed by atoms with E-state index in [0.29, 0.717) is 0 Å². The van der Waals surface area contributed by atoms with E-state index in [0.717, 1.165) is 34.4 Å². The van der Waals surface area contributed by atoms with Crippen LogP contribution in [-0.4, -0.2) is 42.7 Å². The van der Waals surface area contributed by atoms with Gasteiger partial charge in [-0.15, -0.1) is 0 Å². The average molecular weight is 440 g/mol. The van der Waals surface area contributed by atoms with Crippen LogP contribution in [0.1, 0.15) is 11.6 Å². The van der Waals surface area contributed by atoms with Gasteiger partial charge in [0, 0.05) is 37.9 Å². The normalized spacial score (nSPS) is 20.4. The molecule has 0 spiro atoms.